The third kappa shape index (κ3) is 4.08. The lowest BCUT2D eigenvalue weighted by molar-refractivity contribution is -0.133. The monoisotopic (exact) mass is 304 g/mol. The number of nitrogens with two attached hydrogens (primary N) is 1. The molecule has 0 saturated carbocycles. The third-order valence-electron chi connectivity index (χ3n) is 4.37. The molecule has 1 amide bonds. The van der Waals surface area contributed by atoms with Gasteiger partial charge in [-0.05, 0) is 36.3 Å². The smallest absolute Gasteiger partial charge is 0.249 e. The maximum Gasteiger partial charge on any atom is 0.249 e. The van der Waals surface area contributed by atoms with Crippen LogP contribution in [0, 0.1) is 5.92 Å². The Morgan fingerprint density at radius 1 is 1.32 bits per heavy atom. The van der Waals surface area contributed by atoms with E-state index in [4.69, 9.17) is 10.5 Å². The van der Waals surface area contributed by atoms with E-state index in [9.17, 15) is 4.79 Å². The van der Waals surface area contributed by atoms with Crippen molar-refractivity contribution in [1.29, 1.82) is 0 Å². The molecular weight excluding hydrogens is 276 g/mol. The first-order valence-corrected chi connectivity index (χ1v) is 8.29. The molecule has 1 fully saturated rings. The summed E-state index contributed by atoms with van der Waals surface area (Å²) >= 11 is 0. The summed E-state index contributed by atoms with van der Waals surface area (Å²) in [6, 6.07) is 8.50. The van der Waals surface area contributed by atoms with E-state index in [-0.39, 0.29) is 24.2 Å². The zero-order valence-electron chi connectivity index (χ0n) is 13.8. The summed E-state index contributed by atoms with van der Waals surface area (Å²) in [5, 5.41) is 3.15. The summed E-state index contributed by atoms with van der Waals surface area (Å²) in [6.07, 6.45) is 2.32. The molecule has 0 aliphatic carbocycles. The van der Waals surface area contributed by atoms with E-state index in [0.29, 0.717) is 12.5 Å². The van der Waals surface area contributed by atoms with Crippen molar-refractivity contribution in [2.75, 3.05) is 6.54 Å². The number of nitrogens with one attached hydrogen (secondary N) is 1. The zero-order valence-corrected chi connectivity index (χ0v) is 13.8. The molecule has 0 bridgehead atoms. The SMILES string of the molecule is CCc1ccc(C(NC(=O)[C@@H]2CC[C@H](CN)O2)C(C)C)cc1. The molecule has 0 spiro atoms. The van der Waals surface area contributed by atoms with Crippen LogP contribution in [0.15, 0.2) is 24.3 Å². The number of rotatable bonds is 6. The average molecular weight is 304 g/mol. The van der Waals surface area contributed by atoms with Gasteiger partial charge < -0.3 is 15.8 Å². The largest absolute Gasteiger partial charge is 0.364 e. The first-order chi connectivity index (χ1) is 10.5. The number of ether oxygens (including phenoxy) is 1. The fourth-order valence-corrected chi connectivity index (χ4v) is 2.91. The molecule has 3 atom stereocenters. The predicted octanol–water partition coefficient (Wildman–Crippen LogP) is 2.57. The number of aryl methyl sites for hydroxylation is 1. The Hall–Kier alpha value is -1.39. The molecule has 1 aliphatic heterocycles. The number of hydrogen-bond donors (Lipinski definition) is 2. The number of carbonyl (C=O) groups is 1. The van der Waals surface area contributed by atoms with E-state index in [2.05, 4.69) is 50.4 Å². The number of hydrogen-bond acceptors (Lipinski definition) is 3. The van der Waals surface area contributed by atoms with Crippen molar-refractivity contribution in [2.45, 2.75) is 58.3 Å². The Balaban J connectivity index is 2.03. The highest BCUT2D eigenvalue weighted by Crippen LogP contribution is 2.25. The second kappa shape index (κ2) is 7.75. The lowest BCUT2D eigenvalue weighted by atomic mass is 9.94. The van der Waals surface area contributed by atoms with Gasteiger partial charge in [-0.25, -0.2) is 0 Å². The third-order valence-corrected chi connectivity index (χ3v) is 4.37. The van der Waals surface area contributed by atoms with Crippen molar-refractivity contribution >= 4 is 5.91 Å². The minimum atomic E-state index is -0.357. The van der Waals surface area contributed by atoms with Crippen LogP contribution in [0.5, 0.6) is 0 Å². The molecule has 1 aromatic rings. The summed E-state index contributed by atoms with van der Waals surface area (Å²) in [5.41, 5.74) is 8.06. The summed E-state index contributed by atoms with van der Waals surface area (Å²) in [4.78, 5) is 12.4. The molecule has 3 N–H and O–H groups in total. The van der Waals surface area contributed by atoms with Crippen molar-refractivity contribution < 1.29 is 9.53 Å². The van der Waals surface area contributed by atoms with Gasteiger partial charge in [-0.2, -0.15) is 0 Å². The van der Waals surface area contributed by atoms with E-state index in [1.807, 2.05) is 0 Å². The molecule has 1 heterocycles. The van der Waals surface area contributed by atoms with Gasteiger partial charge in [-0.15, -0.1) is 0 Å². The Morgan fingerprint density at radius 3 is 2.50 bits per heavy atom. The molecular formula is C18H28N2O2. The van der Waals surface area contributed by atoms with Crippen LogP contribution < -0.4 is 11.1 Å². The van der Waals surface area contributed by atoms with Gasteiger partial charge in [0.05, 0.1) is 12.1 Å². The van der Waals surface area contributed by atoms with Crippen molar-refractivity contribution in [3.8, 4) is 0 Å². The van der Waals surface area contributed by atoms with Gasteiger partial charge in [0.15, 0.2) is 0 Å². The topological polar surface area (TPSA) is 64.4 Å². The van der Waals surface area contributed by atoms with Crippen LogP contribution in [0.25, 0.3) is 0 Å². The van der Waals surface area contributed by atoms with E-state index in [1.54, 1.807) is 0 Å². The fourth-order valence-electron chi connectivity index (χ4n) is 2.91. The number of carbonyl (C=O) groups excluding carboxylic acids is 1. The van der Waals surface area contributed by atoms with Crippen molar-refractivity contribution in [2.24, 2.45) is 11.7 Å². The Kier molecular flexibility index (Phi) is 5.98. The minimum Gasteiger partial charge on any atom is -0.364 e. The normalized spacial score (nSPS) is 22.8. The van der Waals surface area contributed by atoms with Gasteiger partial charge in [-0.3, -0.25) is 4.79 Å². The summed E-state index contributed by atoms with van der Waals surface area (Å²) < 4.78 is 5.69. The highest BCUT2D eigenvalue weighted by molar-refractivity contribution is 5.81. The van der Waals surface area contributed by atoms with Crippen LogP contribution in [-0.2, 0) is 16.0 Å². The molecule has 1 unspecified atom stereocenters. The van der Waals surface area contributed by atoms with Crippen molar-refractivity contribution in [3.05, 3.63) is 35.4 Å². The zero-order chi connectivity index (χ0) is 16.1. The lowest BCUT2D eigenvalue weighted by Crippen LogP contribution is -2.39. The fraction of sp³-hybridized carbons (Fsp3) is 0.611. The van der Waals surface area contributed by atoms with E-state index in [0.717, 1.165) is 24.8 Å². The number of benzene rings is 1. The van der Waals surface area contributed by atoms with E-state index in [1.165, 1.54) is 5.56 Å². The number of amides is 1. The van der Waals surface area contributed by atoms with Gasteiger partial charge in [-0.1, -0.05) is 45.0 Å². The second-order valence-corrected chi connectivity index (χ2v) is 6.39. The maximum atomic E-state index is 12.4. The van der Waals surface area contributed by atoms with E-state index < -0.39 is 0 Å². The van der Waals surface area contributed by atoms with Crippen LogP contribution >= 0.6 is 0 Å². The summed E-state index contributed by atoms with van der Waals surface area (Å²) in [6.45, 7) is 6.87. The Bertz CT molecular complexity index is 484. The van der Waals surface area contributed by atoms with Crippen LogP contribution in [0.1, 0.15) is 50.8 Å². The van der Waals surface area contributed by atoms with Gasteiger partial charge in [0.2, 0.25) is 5.91 Å². The Labute approximate surface area is 133 Å². The standard InChI is InChI=1S/C18H28N2O2/c1-4-13-5-7-14(8-6-13)17(12(2)3)20-18(21)16-10-9-15(11-19)22-16/h5-8,12,15-17H,4,9-11,19H2,1-3H3,(H,20,21)/t15-,16+,17?/m1/s1. The highest BCUT2D eigenvalue weighted by Gasteiger charge is 2.31. The van der Waals surface area contributed by atoms with Crippen LogP contribution in [0.4, 0.5) is 0 Å². The molecule has 22 heavy (non-hydrogen) atoms. The molecule has 1 saturated heterocycles. The minimum absolute atomic E-state index is 0.0129. The van der Waals surface area contributed by atoms with Crippen LogP contribution in [0.2, 0.25) is 0 Å². The molecule has 0 aromatic heterocycles. The van der Waals surface area contributed by atoms with E-state index >= 15 is 0 Å². The molecule has 2 rings (SSSR count). The van der Waals surface area contributed by atoms with Gasteiger partial charge >= 0.3 is 0 Å². The molecule has 0 radical (unpaired) electrons. The lowest BCUT2D eigenvalue weighted by Gasteiger charge is -2.25. The highest BCUT2D eigenvalue weighted by atomic mass is 16.5. The molecule has 4 nitrogen and oxygen atoms in total. The molecule has 1 aromatic carbocycles. The molecule has 1 aliphatic rings. The maximum absolute atomic E-state index is 12.4. The first-order valence-electron chi connectivity index (χ1n) is 8.29. The van der Waals surface area contributed by atoms with Gasteiger partial charge in [0.25, 0.3) is 0 Å². The predicted molar refractivity (Wildman–Crippen MR) is 88.5 cm³/mol. The van der Waals surface area contributed by atoms with Gasteiger partial charge in [0, 0.05) is 6.54 Å². The first kappa shape index (κ1) is 17.0. The average Bonchev–Trinajstić information content (AvgIpc) is 3.01. The summed E-state index contributed by atoms with van der Waals surface area (Å²) in [7, 11) is 0. The summed E-state index contributed by atoms with van der Waals surface area (Å²) in [5.74, 6) is 0.303. The quantitative estimate of drug-likeness (QED) is 0.849. The van der Waals surface area contributed by atoms with Gasteiger partial charge in [0.1, 0.15) is 6.10 Å². The Morgan fingerprint density at radius 2 is 2.00 bits per heavy atom. The molecule has 122 valence electrons. The molecule has 4 heteroatoms. The second-order valence-electron chi connectivity index (χ2n) is 6.39. The van der Waals surface area contributed by atoms with Crippen molar-refractivity contribution in [1.82, 2.24) is 5.32 Å². The van der Waals surface area contributed by atoms with Crippen LogP contribution in [0.3, 0.4) is 0 Å². The van der Waals surface area contributed by atoms with Crippen LogP contribution in [-0.4, -0.2) is 24.7 Å². The van der Waals surface area contributed by atoms with Crippen molar-refractivity contribution in [3.63, 3.8) is 0 Å².